The number of hydrogen-bond donors (Lipinski definition) is 1. The van der Waals surface area contributed by atoms with E-state index < -0.39 is 5.97 Å². The molecule has 0 bridgehead atoms. The van der Waals surface area contributed by atoms with Gasteiger partial charge in [-0.25, -0.2) is 0 Å². The van der Waals surface area contributed by atoms with E-state index in [0.717, 1.165) is 6.42 Å². The van der Waals surface area contributed by atoms with Crippen LogP contribution in [0.3, 0.4) is 0 Å². The van der Waals surface area contributed by atoms with Crippen molar-refractivity contribution in [2.24, 2.45) is 0 Å². The maximum absolute atomic E-state index is 10.3. The van der Waals surface area contributed by atoms with E-state index >= 15 is 0 Å². The zero-order valence-corrected chi connectivity index (χ0v) is 14.3. The average molecular weight is 370 g/mol. The van der Waals surface area contributed by atoms with Gasteiger partial charge in [-0.3, -0.25) is 4.79 Å². The van der Waals surface area contributed by atoms with Gasteiger partial charge in [0.1, 0.15) is 0 Å². The van der Waals surface area contributed by atoms with Crippen molar-refractivity contribution >= 4 is 5.97 Å². The Morgan fingerprint density at radius 3 is 2.04 bits per heavy atom. The Morgan fingerprint density at radius 1 is 1.08 bits per heavy atom. The van der Waals surface area contributed by atoms with Gasteiger partial charge in [-0.15, -0.1) is 0 Å². The van der Waals surface area contributed by atoms with E-state index in [1.807, 2.05) is 38.0 Å². The quantitative estimate of drug-likeness (QED) is 0.329. The largest absolute Gasteiger partial charge is 0 e. The summed E-state index contributed by atoms with van der Waals surface area (Å²) in [6.45, 7) is 15.5. The summed E-state index contributed by atoms with van der Waals surface area (Å²) in [6, 6.07) is 10.1. The first kappa shape index (κ1) is 30.3. The molecule has 128 valence electrons. The summed E-state index contributed by atoms with van der Waals surface area (Å²) in [5.41, 5.74) is 1.18. The molecule has 0 fully saturated rings. The number of aliphatic carboxylic acids is 1. The predicted octanol–water partition coefficient (Wildman–Crippen LogP) is 3.38. The van der Waals surface area contributed by atoms with Gasteiger partial charge >= 0.3 is 39.9 Å². The minimum absolute atomic E-state index is 0. The second-order valence-electron chi connectivity index (χ2n) is 3.99. The molecule has 1 aromatic carbocycles. The van der Waals surface area contributed by atoms with Gasteiger partial charge in [0.05, 0.1) is 0 Å². The third kappa shape index (κ3) is 22.7. The molecule has 1 aromatic rings. The average Bonchev–Trinajstić information content (AvgIpc) is 2.60. The fraction of sp³-hybridized carbons (Fsp3) is 0.222. The molecular formula is C18H18FeO5. The molecule has 0 aliphatic rings. The monoisotopic (exact) mass is 370 g/mol. The number of unbranched alkanes of at least 4 members (excludes halogenated alkanes) is 2. The van der Waals surface area contributed by atoms with Gasteiger partial charge in [0.25, 0.3) is 0 Å². The molecule has 0 spiro atoms. The first-order chi connectivity index (χ1) is 11.2. The van der Waals surface area contributed by atoms with Crippen LogP contribution >= 0.6 is 0 Å². The molecule has 0 aliphatic carbocycles. The Balaban J connectivity index is -0.000000256. The summed E-state index contributed by atoms with van der Waals surface area (Å²) in [5, 5.41) is 8.48. The maximum Gasteiger partial charge on any atom is 0 e. The van der Waals surface area contributed by atoms with Crippen LogP contribution in [0.25, 0.3) is 0 Å². The van der Waals surface area contributed by atoms with Crippen LogP contribution in [0, 0.1) is 45.1 Å². The van der Waals surface area contributed by atoms with E-state index in [-0.39, 0.29) is 23.5 Å². The van der Waals surface area contributed by atoms with Crippen LogP contribution in [-0.2, 0) is 35.8 Å². The second-order valence-corrected chi connectivity index (χ2v) is 3.99. The molecule has 0 unspecified atom stereocenters. The summed E-state index contributed by atoms with van der Waals surface area (Å²) in [7, 11) is 0. The van der Waals surface area contributed by atoms with Crippen LogP contribution in [-0.4, -0.2) is 11.1 Å². The van der Waals surface area contributed by atoms with Crippen molar-refractivity contribution in [2.45, 2.75) is 26.2 Å². The Morgan fingerprint density at radius 2 is 1.58 bits per heavy atom. The van der Waals surface area contributed by atoms with Crippen LogP contribution in [0.4, 0.5) is 0 Å². The minimum Gasteiger partial charge on any atom is 0 e. The third-order valence-corrected chi connectivity index (χ3v) is 2.34. The molecule has 24 heavy (non-hydrogen) atoms. The van der Waals surface area contributed by atoms with Crippen molar-refractivity contribution in [3.05, 3.63) is 81.0 Å². The van der Waals surface area contributed by atoms with Crippen LogP contribution in [0.5, 0.6) is 0 Å². The zero-order valence-electron chi connectivity index (χ0n) is 13.2. The standard InChI is InChI=1S/C15H18O2.3CO.Fe/c1-13(8-4-2-7-11-15(16)17)12-14-9-5-3-6-10-14;3*1-2;/h3-6,8-10,12H,2,7,11H2,1H3,(H,16,17);;;;. The van der Waals surface area contributed by atoms with Crippen molar-refractivity contribution in [1.82, 2.24) is 0 Å². The van der Waals surface area contributed by atoms with E-state index in [2.05, 4.69) is 38.5 Å². The molecule has 0 amide bonds. The van der Waals surface area contributed by atoms with Crippen molar-refractivity contribution in [3.8, 4) is 0 Å². The van der Waals surface area contributed by atoms with Crippen LogP contribution < -0.4 is 0 Å². The smallest absolute Gasteiger partial charge is 0 e. The summed E-state index contributed by atoms with van der Waals surface area (Å²) < 4.78 is 22.5. The third-order valence-electron chi connectivity index (χ3n) is 2.34. The van der Waals surface area contributed by atoms with Gasteiger partial charge in [-0.05, 0) is 43.6 Å². The summed E-state index contributed by atoms with van der Waals surface area (Å²) in [4.78, 5) is 10.3. The molecule has 5 nitrogen and oxygen atoms in total. The Labute approximate surface area is 154 Å². The number of carboxylic acids is 1. The van der Waals surface area contributed by atoms with Gasteiger partial charge in [0, 0.05) is 23.5 Å². The number of carbonyl (C=O) groups is 1. The molecule has 4 radical (unpaired) electrons. The van der Waals surface area contributed by atoms with Crippen molar-refractivity contribution < 1.29 is 40.9 Å². The van der Waals surface area contributed by atoms with E-state index in [0.29, 0.717) is 6.42 Å². The molecule has 0 saturated carbocycles. The van der Waals surface area contributed by atoms with Gasteiger partial charge in [0.2, 0.25) is 0 Å². The fourth-order valence-corrected chi connectivity index (χ4v) is 1.50. The minimum atomic E-state index is -0.727. The topological polar surface area (TPSA) is 97.0 Å². The first-order valence-corrected chi connectivity index (χ1v) is 6.41. The normalized spacial score (nSPS) is 7.83. The number of rotatable bonds is 8. The molecule has 1 N–H and O–H groups in total. The molecule has 0 aromatic heterocycles. The van der Waals surface area contributed by atoms with Crippen molar-refractivity contribution in [2.75, 3.05) is 0 Å². The number of hydrogen-bond acceptors (Lipinski definition) is 1. The Hall–Kier alpha value is -1.57. The molecule has 0 heterocycles. The van der Waals surface area contributed by atoms with Crippen LogP contribution in [0.2, 0.25) is 0 Å². The number of carboxylic acid groups (broad SMARTS) is 1. The molecule has 0 atom stereocenters. The van der Waals surface area contributed by atoms with Crippen molar-refractivity contribution in [1.29, 1.82) is 0 Å². The van der Waals surface area contributed by atoms with Gasteiger partial charge in [-0.2, -0.15) is 0 Å². The van der Waals surface area contributed by atoms with E-state index in [1.165, 1.54) is 11.5 Å². The van der Waals surface area contributed by atoms with Gasteiger partial charge in [-0.1, -0.05) is 37.3 Å². The summed E-state index contributed by atoms with van der Waals surface area (Å²) >= 11 is 0. The van der Waals surface area contributed by atoms with Crippen molar-refractivity contribution in [3.63, 3.8) is 0 Å². The number of benzene rings is 1. The SMILES string of the molecule is C[C]([CH][CH]CCCC(=O)O)[CH]c1ccccc1.[C-]#[O+].[C-]#[O+].[C-]#[O+].[Fe]. The van der Waals surface area contributed by atoms with Gasteiger partial charge in [0.15, 0.2) is 0 Å². The Bertz CT molecular complexity index is 425. The summed E-state index contributed by atoms with van der Waals surface area (Å²) in [6.07, 6.45) is 7.92. The van der Waals surface area contributed by atoms with Crippen LogP contribution in [0.15, 0.2) is 30.3 Å². The summed E-state index contributed by atoms with van der Waals surface area (Å²) in [5.74, 6) is 0.446. The van der Waals surface area contributed by atoms with Crippen LogP contribution in [0.1, 0.15) is 31.7 Å². The maximum atomic E-state index is 10.3. The molecule has 6 heteroatoms. The van der Waals surface area contributed by atoms with Gasteiger partial charge < -0.3 is 5.11 Å². The predicted molar refractivity (Wildman–Crippen MR) is 80.6 cm³/mol. The van der Waals surface area contributed by atoms with E-state index in [9.17, 15) is 4.79 Å². The molecule has 0 aliphatic heterocycles. The molecule has 1 rings (SSSR count). The second kappa shape index (κ2) is 26.3. The van der Waals surface area contributed by atoms with E-state index in [1.54, 1.807) is 0 Å². The molecular weight excluding hydrogens is 352 g/mol. The Kier molecular flexibility index (Phi) is 33.3. The zero-order chi connectivity index (χ0) is 18.5. The first-order valence-electron chi connectivity index (χ1n) is 6.41. The molecule has 0 saturated heterocycles. The fourth-order valence-electron chi connectivity index (χ4n) is 1.50. The van der Waals surface area contributed by atoms with E-state index in [4.69, 9.17) is 19.1 Å².